The highest BCUT2D eigenvalue weighted by Gasteiger charge is 2.31. The highest BCUT2D eigenvalue weighted by atomic mass is 15.0. The summed E-state index contributed by atoms with van der Waals surface area (Å²) in [6.45, 7) is 2.25. The van der Waals surface area contributed by atoms with Gasteiger partial charge in [0.25, 0.3) is 0 Å². The third-order valence-electron chi connectivity index (χ3n) is 11.2. The maximum atomic E-state index is 5.38. The lowest BCUT2D eigenvalue weighted by molar-refractivity contribution is 0.532. The van der Waals surface area contributed by atoms with Crippen LogP contribution in [0.2, 0.25) is 0 Å². The lowest BCUT2D eigenvalue weighted by atomic mass is 9.82. The predicted molar refractivity (Wildman–Crippen MR) is 228 cm³/mol. The topological polar surface area (TPSA) is 37.6 Å². The molecule has 2 atom stereocenters. The van der Waals surface area contributed by atoms with E-state index in [1.165, 1.54) is 60.0 Å². The molecule has 3 nitrogen and oxygen atoms in total. The first-order chi connectivity index (χ1) is 26.7. The molecule has 0 spiro atoms. The summed E-state index contributed by atoms with van der Waals surface area (Å²) in [6, 6.07) is 61.2. The molecule has 1 aliphatic heterocycles. The van der Waals surface area contributed by atoms with Crippen molar-refractivity contribution in [2.45, 2.75) is 19.4 Å². The average Bonchev–Trinajstić information content (AvgIpc) is 3.25. The van der Waals surface area contributed by atoms with E-state index in [1.807, 2.05) is 12.4 Å². The highest BCUT2D eigenvalue weighted by molar-refractivity contribution is 6.21. The molecule has 0 aliphatic carbocycles. The zero-order valence-electron chi connectivity index (χ0n) is 30.0. The van der Waals surface area contributed by atoms with Gasteiger partial charge >= 0.3 is 0 Å². The van der Waals surface area contributed by atoms with Gasteiger partial charge in [-0.25, -0.2) is 4.99 Å². The fourth-order valence-corrected chi connectivity index (χ4v) is 8.38. The summed E-state index contributed by atoms with van der Waals surface area (Å²) < 4.78 is 0. The van der Waals surface area contributed by atoms with E-state index in [0.717, 1.165) is 40.0 Å². The van der Waals surface area contributed by atoms with E-state index in [1.54, 1.807) is 0 Å². The minimum Gasteiger partial charge on any atom is -0.264 e. The molecular formula is C51H37N3. The number of fused-ring (bicyclic) bond motifs is 6. The fraction of sp³-hybridized carbons (Fsp3) is 0.0784. The Morgan fingerprint density at radius 1 is 0.463 bits per heavy atom. The number of hydrogen-bond donors (Lipinski definition) is 0. The second-order valence-corrected chi connectivity index (χ2v) is 14.3. The van der Waals surface area contributed by atoms with E-state index in [2.05, 4.69) is 182 Å². The van der Waals surface area contributed by atoms with Crippen molar-refractivity contribution < 1.29 is 0 Å². The molecule has 9 aromatic rings. The third kappa shape index (κ3) is 5.57. The second kappa shape index (κ2) is 13.4. The fourth-order valence-electron chi connectivity index (χ4n) is 8.38. The van der Waals surface area contributed by atoms with Crippen molar-refractivity contribution in [2.75, 3.05) is 0 Å². The van der Waals surface area contributed by atoms with Gasteiger partial charge in [0.05, 0.1) is 11.8 Å². The standard InChI is InChI=1S/C51H37N3/c1-2-42-49(37-12-4-3-5-13-37)53-51(39-23-16-34(17-24-39)41-25-18-33-10-6-7-14-40(33)30-41)54-50(42)38-21-19-36(20-22-38)46-31-47-43-15-9-8-11-35(43)26-27-44(47)45-28-29-52-32-48(45)46/h3-32,42,49H,2H2,1H3. The summed E-state index contributed by atoms with van der Waals surface area (Å²) in [4.78, 5) is 15.3. The first kappa shape index (κ1) is 32.0. The summed E-state index contributed by atoms with van der Waals surface area (Å²) in [5, 5.41) is 9.87. The smallest absolute Gasteiger partial charge is 0.155 e. The molecule has 54 heavy (non-hydrogen) atoms. The van der Waals surface area contributed by atoms with E-state index in [0.29, 0.717) is 0 Å². The molecule has 0 radical (unpaired) electrons. The van der Waals surface area contributed by atoms with Crippen LogP contribution in [0.1, 0.15) is 36.1 Å². The number of aliphatic imine (C=N–C) groups is 2. The molecule has 1 aromatic heterocycles. The van der Waals surface area contributed by atoms with Crippen LogP contribution < -0.4 is 0 Å². The third-order valence-corrected chi connectivity index (χ3v) is 11.2. The van der Waals surface area contributed by atoms with E-state index >= 15 is 0 Å². The van der Waals surface area contributed by atoms with Gasteiger partial charge in [-0.15, -0.1) is 0 Å². The molecule has 0 amide bonds. The predicted octanol–water partition coefficient (Wildman–Crippen LogP) is 13.0. The average molecular weight is 692 g/mol. The number of nitrogens with zero attached hydrogens (tertiary/aromatic N) is 3. The SMILES string of the molecule is CCC1C(c2ccc(-c3cc4c5ccccc5ccc4c4ccncc34)cc2)=NC(c2ccc(-c3ccc4ccccc4c3)cc2)=NC1c1ccccc1. The van der Waals surface area contributed by atoms with Gasteiger partial charge in [-0.3, -0.25) is 9.98 Å². The van der Waals surface area contributed by atoms with Gasteiger partial charge in [0, 0.05) is 29.3 Å². The van der Waals surface area contributed by atoms with E-state index in [4.69, 9.17) is 9.98 Å². The lowest BCUT2D eigenvalue weighted by Crippen LogP contribution is -2.28. The largest absolute Gasteiger partial charge is 0.264 e. The van der Waals surface area contributed by atoms with Crippen molar-refractivity contribution in [2.24, 2.45) is 15.9 Å². The Kier molecular flexibility index (Phi) is 7.91. The van der Waals surface area contributed by atoms with Crippen LogP contribution in [-0.2, 0) is 0 Å². The van der Waals surface area contributed by atoms with Crippen molar-refractivity contribution >= 4 is 54.6 Å². The number of amidine groups is 1. The second-order valence-electron chi connectivity index (χ2n) is 14.3. The van der Waals surface area contributed by atoms with Crippen LogP contribution in [0.5, 0.6) is 0 Å². The number of pyridine rings is 1. The van der Waals surface area contributed by atoms with Crippen LogP contribution in [-0.4, -0.2) is 16.5 Å². The Morgan fingerprint density at radius 2 is 1.11 bits per heavy atom. The normalized spacial score (nSPS) is 15.8. The van der Waals surface area contributed by atoms with Crippen LogP contribution in [0.3, 0.4) is 0 Å². The maximum absolute atomic E-state index is 5.38. The van der Waals surface area contributed by atoms with Gasteiger partial charge < -0.3 is 0 Å². The van der Waals surface area contributed by atoms with Gasteiger partial charge in [-0.2, -0.15) is 0 Å². The summed E-state index contributed by atoms with van der Waals surface area (Å²) in [7, 11) is 0. The Bertz CT molecular complexity index is 2910. The molecule has 256 valence electrons. The monoisotopic (exact) mass is 691 g/mol. The van der Waals surface area contributed by atoms with Crippen molar-refractivity contribution in [3.63, 3.8) is 0 Å². The number of rotatable bonds is 6. The van der Waals surface area contributed by atoms with E-state index in [-0.39, 0.29) is 12.0 Å². The molecule has 1 aliphatic rings. The molecule has 0 N–H and O–H groups in total. The minimum atomic E-state index is -0.0395. The zero-order valence-corrected chi connectivity index (χ0v) is 30.0. The van der Waals surface area contributed by atoms with Crippen LogP contribution in [0, 0.1) is 5.92 Å². The molecule has 10 rings (SSSR count). The van der Waals surface area contributed by atoms with Crippen molar-refractivity contribution in [1.29, 1.82) is 0 Å². The van der Waals surface area contributed by atoms with Crippen LogP contribution >= 0.6 is 0 Å². The number of benzene rings is 8. The van der Waals surface area contributed by atoms with Crippen LogP contribution in [0.15, 0.2) is 192 Å². The summed E-state index contributed by atoms with van der Waals surface area (Å²) in [6.07, 6.45) is 4.82. The Morgan fingerprint density at radius 3 is 1.93 bits per heavy atom. The van der Waals surface area contributed by atoms with Gasteiger partial charge in [-0.1, -0.05) is 159 Å². The number of aromatic nitrogens is 1. The Hall–Kier alpha value is -6.71. The van der Waals surface area contributed by atoms with Crippen LogP contribution in [0.4, 0.5) is 0 Å². The molecule has 0 saturated heterocycles. The maximum Gasteiger partial charge on any atom is 0.155 e. The molecule has 2 unspecified atom stereocenters. The van der Waals surface area contributed by atoms with Gasteiger partial charge in [0.1, 0.15) is 0 Å². The van der Waals surface area contributed by atoms with E-state index < -0.39 is 0 Å². The van der Waals surface area contributed by atoms with Crippen molar-refractivity contribution in [3.05, 3.63) is 199 Å². The van der Waals surface area contributed by atoms with Gasteiger partial charge in [0.2, 0.25) is 0 Å². The first-order valence-corrected chi connectivity index (χ1v) is 18.8. The van der Waals surface area contributed by atoms with Crippen molar-refractivity contribution in [3.8, 4) is 22.3 Å². The molecule has 0 fully saturated rings. The van der Waals surface area contributed by atoms with Crippen molar-refractivity contribution in [1.82, 2.24) is 4.98 Å². The molecule has 0 saturated carbocycles. The Labute approximate surface area is 315 Å². The summed E-state index contributed by atoms with van der Waals surface area (Å²) in [5.74, 6) is 0.909. The number of hydrogen-bond acceptors (Lipinski definition) is 3. The highest BCUT2D eigenvalue weighted by Crippen LogP contribution is 2.40. The molecular weight excluding hydrogens is 655 g/mol. The summed E-state index contributed by atoms with van der Waals surface area (Å²) >= 11 is 0. The van der Waals surface area contributed by atoms with Gasteiger partial charge in [-0.05, 0) is 95.7 Å². The lowest BCUT2D eigenvalue weighted by Gasteiger charge is -2.30. The van der Waals surface area contributed by atoms with Gasteiger partial charge in [0.15, 0.2) is 5.84 Å². The zero-order chi connectivity index (χ0) is 36.0. The molecule has 2 heterocycles. The summed E-state index contributed by atoms with van der Waals surface area (Å²) in [5.41, 5.74) is 9.16. The van der Waals surface area contributed by atoms with E-state index in [9.17, 15) is 0 Å². The Balaban J connectivity index is 1.06. The first-order valence-electron chi connectivity index (χ1n) is 18.8. The minimum absolute atomic E-state index is 0.0395. The van der Waals surface area contributed by atoms with Crippen LogP contribution in [0.25, 0.3) is 65.3 Å². The molecule has 0 bridgehead atoms. The quantitative estimate of drug-likeness (QED) is 0.160. The molecule has 3 heteroatoms. The molecule has 8 aromatic carbocycles.